The first-order valence-electron chi connectivity index (χ1n) is 16.8. The topological polar surface area (TPSA) is 96.6 Å². The largest absolute Gasteiger partial charge is 0.443 e. The van der Waals surface area contributed by atoms with Crippen molar-refractivity contribution in [3.63, 3.8) is 0 Å². The van der Waals surface area contributed by atoms with Crippen LogP contribution < -0.4 is 0 Å². The Bertz CT molecular complexity index is 1940. The second kappa shape index (κ2) is 14.9. The third kappa shape index (κ3) is 9.35. The highest BCUT2D eigenvalue weighted by atomic mass is 16.6. The molecule has 0 radical (unpaired) electrons. The third-order valence-electron chi connectivity index (χ3n) is 7.78. The molecule has 0 aliphatic carbocycles. The lowest BCUT2D eigenvalue weighted by Gasteiger charge is -2.19. The number of Topliss-reactive ketones (excluding diaryl/α,β-unsaturated/α-hetero) is 2. The number of nitrogens with zero attached hydrogens (tertiary/aromatic N) is 2. The summed E-state index contributed by atoms with van der Waals surface area (Å²) >= 11 is 0. The minimum Gasteiger partial charge on any atom is -0.443 e. The molecule has 2 aromatic heterocycles. The molecule has 0 amide bonds. The molecule has 0 fully saturated rings. The Labute approximate surface area is 293 Å². The summed E-state index contributed by atoms with van der Waals surface area (Å²) in [7, 11) is 0. The van der Waals surface area contributed by atoms with Crippen molar-refractivity contribution in [1.29, 1.82) is 0 Å². The Morgan fingerprint density at radius 3 is 1.28 bits per heavy atom. The zero-order chi connectivity index (χ0) is 36.1. The fourth-order valence-corrected chi connectivity index (χ4v) is 5.61. The van der Waals surface area contributed by atoms with Gasteiger partial charge in [0.25, 0.3) is 0 Å². The Hall–Kier alpha value is -5.50. The Kier molecular flexibility index (Phi) is 10.7. The minimum atomic E-state index is -0.618. The van der Waals surface area contributed by atoms with E-state index in [0.717, 1.165) is 44.1 Å². The van der Waals surface area contributed by atoms with Gasteiger partial charge >= 0.3 is 12.2 Å². The first-order valence-corrected chi connectivity index (χ1v) is 16.8. The van der Waals surface area contributed by atoms with E-state index in [-0.39, 0.29) is 37.2 Å². The first-order chi connectivity index (χ1) is 23.7. The summed E-state index contributed by atoms with van der Waals surface area (Å²) in [5, 5.41) is 1.79. The van der Waals surface area contributed by atoms with E-state index >= 15 is 0 Å². The molecule has 8 heteroatoms. The predicted molar refractivity (Wildman–Crippen MR) is 198 cm³/mol. The number of rotatable bonds is 10. The van der Waals surface area contributed by atoms with E-state index in [2.05, 4.69) is 0 Å². The Morgan fingerprint density at radius 1 is 0.560 bits per heavy atom. The quantitative estimate of drug-likeness (QED) is 0.147. The van der Waals surface area contributed by atoms with E-state index in [1.54, 1.807) is 12.4 Å². The number of ether oxygens (including phenoxy) is 2. The molecule has 0 saturated heterocycles. The highest BCUT2D eigenvalue weighted by Gasteiger charge is 2.21. The lowest BCUT2D eigenvalue weighted by atomic mass is 10.0. The van der Waals surface area contributed by atoms with Gasteiger partial charge in [-0.15, -0.1) is 0 Å². The van der Waals surface area contributed by atoms with Crippen molar-refractivity contribution in [3.05, 3.63) is 120 Å². The van der Waals surface area contributed by atoms with Gasteiger partial charge in [0.2, 0.25) is 0 Å². The number of ketones is 2. The van der Waals surface area contributed by atoms with Crippen LogP contribution in [0.4, 0.5) is 9.59 Å². The van der Waals surface area contributed by atoms with Crippen LogP contribution in [0, 0.1) is 0 Å². The smallest absolute Gasteiger partial charge is 0.419 e. The molecule has 0 saturated carbocycles. The van der Waals surface area contributed by atoms with Crippen LogP contribution in [-0.2, 0) is 31.9 Å². The molecule has 3 aromatic carbocycles. The number of fused-ring (bicyclic) bond motifs is 2. The predicted octanol–water partition coefficient (Wildman–Crippen LogP) is 9.59. The van der Waals surface area contributed by atoms with Crippen molar-refractivity contribution in [2.45, 2.75) is 78.4 Å². The van der Waals surface area contributed by atoms with Gasteiger partial charge in [0.15, 0.2) is 0 Å². The third-order valence-corrected chi connectivity index (χ3v) is 7.78. The lowest BCUT2D eigenvalue weighted by Crippen LogP contribution is -2.26. The molecule has 0 aliphatic heterocycles. The SMILES string of the molecule is CC(C)(C)OC(=O)n1cc(/C=C/CC(=O)Cc2ccc(CC(=O)C/C=C/c3cn(C(=O)OC(C)(C)C)c4ccccc34)cc2)c2ccccc21. The van der Waals surface area contributed by atoms with E-state index < -0.39 is 23.4 Å². The average molecular weight is 673 g/mol. The molecule has 5 rings (SSSR count). The summed E-state index contributed by atoms with van der Waals surface area (Å²) in [6.07, 6.45) is 11.0. The maximum Gasteiger partial charge on any atom is 0.419 e. The number of hydrogen-bond acceptors (Lipinski definition) is 6. The van der Waals surface area contributed by atoms with Crippen molar-refractivity contribution in [2.75, 3.05) is 0 Å². The molecule has 0 unspecified atom stereocenters. The van der Waals surface area contributed by atoms with Crippen molar-refractivity contribution in [1.82, 2.24) is 9.13 Å². The number of carbonyl (C=O) groups excluding carboxylic acids is 4. The summed E-state index contributed by atoms with van der Waals surface area (Å²) < 4.78 is 14.1. The van der Waals surface area contributed by atoms with Crippen LogP contribution >= 0.6 is 0 Å². The number of benzene rings is 3. The number of hydrogen-bond donors (Lipinski definition) is 0. The molecule has 0 spiro atoms. The van der Waals surface area contributed by atoms with Crippen molar-refractivity contribution >= 4 is 57.7 Å². The number of aromatic nitrogens is 2. The zero-order valence-electron chi connectivity index (χ0n) is 29.6. The van der Waals surface area contributed by atoms with Gasteiger partial charge in [-0.1, -0.05) is 85.0 Å². The molecule has 0 bridgehead atoms. The summed E-state index contributed by atoms with van der Waals surface area (Å²) in [6.45, 7) is 11.0. The minimum absolute atomic E-state index is 0.0547. The van der Waals surface area contributed by atoms with Crippen LogP contribution in [0.15, 0.2) is 97.3 Å². The van der Waals surface area contributed by atoms with Crippen LogP contribution in [0.1, 0.15) is 76.6 Å². The fourth-order valence-electron chi connectivity index (χ4n) is 5.61. The van der Waals surface area contributed by atoms with Crippen LogP contribution in [-0.4, -0.2) is 44.1 Å². The van der Waals surface area contributed by atoms with Crippen molar-refractivity contribution in [2.24, 2.45) is 0 Å². The van der Waals surface area contributed by atoms with E-state index in [1.807, 2.05) is 139 Å². The lowest BCUT2D eigenvalue weighted by molar-refractivity contribution is -0.118. The van der Waals surface area contributed by atoms with E-state index in [0.29, 0.717) is 0 Å². The average Bonchev–Trinajstić information content (AvgIpc) is 3.60. The molecule has 258 valence electrons. The number of para-hydroxylation sites is 2. The fraction of sp³-hybridized carbons (Fsp3) is 0.286. The summed E-state index contributed by atoms with van der Waals surface area (Å²) in [5.41, 5.74) is 3.66. The van der Waals surface area contributed by atoms with E-state index in [9.17, 15) is 19.2 Å². The second-order valence-corrected chi connectivity index (χ2v) is 14.4. The van der Waals surface area contributed by atoms with E-state index in [1.165, 1.54) is 9.13 Å². The molecule has 8 nitrogen and oxygen atoms in total. The monoisotopic (exact) mass is 672 g/mol. The summed E-state index contributed by atoms with van der Waals surface area (Å²) in [5.74, 6) is 0.109. The van der Waals surface area contributed by atoms with Crippen LogP contribution in [0.25, 0.3) is 34.0 Å². The highest BCUT2D eigenvalue weighted by molar-refractivity contribution is 5.97. The first kappa shape index (κ1) is 35.8. The van der Waals surface area contributed by atoms with Crippen LogP contribution in [0.5, 0.6) is 0 Å². The molecular formula is C42H44N2O6. The molecule has 0 atom stereocenters. The van der Waals surface area contributed by atoms with Gasteiger partial charge in [-0.3, -0.25) is 18.7 Å². The maximum absolute atomic E-state index is 12.8. The highest BCUT2D eigenvalue weighted by Crippen LogP contribution is 2.26. The number of carbonyl (C=O) groups is 4. The number of allylic oxidation sites excluding steroid dienone is 2. The molecule has 2 heterocycles. The normalized spacial score (nSPS) is 12.3. The second-order valence-electron chi connectivity index (χ2n) is 14.4. The van der Waals surface area contributed by atoms with Crippen molar-refractivity contribution in [3.8, 4) is 0 Å². The van der Waals surface area contributed by atoms with E-state index in [4.69, 9.17) is 9.47 Å². The van der Waals surface area contributed by atoms with Gasteiger partial charge in [-0.05, 0) is 64.8 Å². The van der Waals surface area contributed by atoms with Gasteiger partial charge in [0.1, 0.15) is 22.8 Å². The maximum atomic E-state index is 12.8. The van der Waals surface area contributed by atoms with Crippen LogP contribution in [0.3, 0.4) is 0 Å². The Balaban J connectivity index is 1.14. The summed E-state index contributed by atoms with van der Waals surface area (Å²) in [4.78, 5) is 51.1. The van der Waals surface area contributed by atoms with Gasteiger partial charge in [0.05, 0.1) is 11.0 Å². The van der Waals surface area contributed by atoms with Gasteiger partial charge in [-0.2, -0.15) is 0 Å². The molecule has 0 aliphatic rings. The van der Waals surface area contributed by atoms with Crippen LogP contribution in [0.2, 0.25) is 0 Å². The molecular weight excluding hydrogens is 628 g/mol. The molecule has 5 aromatic rings. The standard InChI is InChI=1S/C42H44N2O6/c1-41(2,3)49-39(47)43-27-31(35-17-7-9-19-37(35)43)13-11-15-33(45)25-29-21-23-30(24-22-29)26-34(46)16-12-14-32-28-44(40(48)50-42(4,5)6)38-20-10-8-18-36(32)38/h7-14,17-24,27-28H,15-16,25-26H2,1-6H3/b13-11+,14-12+. The zero-order valence-corrected chi connectivity index (χ0v) is 29.6. The van der Waals surface area contributed by atoms with Crippen molar-refractivity contribution < 1.29 is 28.7 Å². The van der Waals surface area contributed by atoms with Gasteiger partial charge in [-0.25, -0.2) is 9.59 Å². The summed E-state index contributed by atoms with van der Waals surface area (Å²) in [6, 6.07) is 22.7. The molecule has 0 N–H and O–H groups in total. The van der Waals surface area contributed by atoms with Gasteiger partial charge in [0, 0.05) is 60.0 Å². The Morgan fingerprint density at radius 2 is 0.920 bits per heavy atom. The molecule has 50 heavy (non-hydrogen) atoms. The van der Waals surface area contributed by atoms with Gasteiger partial charge < -0.3 is 9.47 Å².